The lowest BCUT2D eigenvalue weighted by molar-refractivity contribution is 0.320. The van der Waals surface area contributed by atoms with E-state index >= 15 is 0 Å². The van der Waals surface area contributed by atoms with E-state index in [0.29, 0.717) is 11.7 Å². The van der Waals surface area contributed by atoms with Crippen LogP contribution in [-0.2, 0) is 6.54 Å². The number of hydrogen-bond acceptors (Lipinski definition) is 2. The molecular formula is C12H16ClNO. The molecule has 1 unspecified atom stereocenters. The molecule has 0 saturated carbocycles. The average Bonchev–Trinajstić information content (AvgIpc) is 2.65. The molecule has 0 bridgehead atoms. The van der Waals surface area contributed by atoms with E-state index in [1.807, 2.05) is 18.2 Å². The Kier molecular flexibility index (Phi) is 3.49. The summed E-state index contributed by atoms with van der Waals surface area (Å²) in [6.07, 6.45) is 1.20. The summed E-state index contributed by atoms with van der Waals surface area (Å²) < 4.78 is 0. The van der Waals surface area contributed by atoms with Crippen molar-refractivity contribution in [2.45, 2.75) is 13.0 Å². The summed E-state index contributed by atoms with van der Waals surface area (Å²) in [5.41, 5.74) is 1.17. The number of hydrogen-bond donors (Lipinski definition) is 1. The van der Waals surface area contributed by atoms with Gasteiger partial charge in [0.05, 0.1) is 0 Å². The predicted molar refractivity (Wildman–Crippen MR) is 62.2 cm³/mol. The normalized spacial score (nSPS) is 22.1. The van der Waals surface area contributed by atoms with Crippen LogP contribution in [0.3, 0.4) is 0 Å². The lowest BCUT2D eigenvalue weighted by atomic mass is 10.2. The molecule has 1 fully saturated rings. The number of likely N-dealkylation sites (tertiary alicyclic amines) is 1. The lowest BCUT2D eigenvalue weighted by Gasteiger charge is -2.15. The molecule has 82 valence electrons. The third-order valence-electron chi connectivity index (χ3n) is 2.90. The fourth-order valence-electron chi connectivity index (χ4n) is 2.10. The molecule has 1 aliphatic rings. The molecule has 1 N–H and O–H groups in total. The van der Waals surface area contributed by atoms with Crippen molar-refractivity contribution in [3.63, 3.8) is 0 Å². The molecular weight excluding hydrogens is 210 g/mol. The Morgan fingerprint density at radius 2 is 2.33 bits per heavy atom. The van der Waals surface area contributed by atoms with Crippen LogP contribution in [0.4, 0.5) is 0 Å². The molecule has 2 rings (SSSR count). The second kappa shape index (κ2) is 4.86. The van der Waals surface area contributed by atoms with Crippen molar-refractivity contribution in [3.8, 4) is 5.75 Å². The minimum atomic E-state index is 0.348. The highest BCUT2D eigenvalue weighted by Gasteiger charge is 2.21. The fraction of sp³-hybridized carbons (Fsp3) is 0.500. The highest BCUT2D eigenvalue weighted by atomic mass is 35.5. The minimum Gasteiger partial charge on any atom is -0.508 e. The molecule has 15 heavy (non-hydrogen) atoms. The van der Waals surface area contributed by atoms with Crippen LogP contribution in [0.1, 0.15) is 12.0 Å². The van der Waals surface area contributed by atoms with Gasteiger partial charge in [-0.05, 0) is 36.6 Å². The summed E-state index contributed by atoms with van der Waals surface area (Å²) in [4.78, 5) is 2.39. The molecule has 0 spiro atoms. The molecule has 1 atom stereocenters. The maximum atomic E-state index is 9.35. The van der Waals surface area contributed by atoms with Crippen LogP contribution in [0.15, 0.2) is 24.3 Å². The first-order valence-electron chi connectivity index (χ1n) is 5.34. The Morgan fingerprint density at radius 3 is 3.00 bits per heavy atom. The molecule has 0 radical (unpaired) electrons. The van der Waals surface area contributed by atoms with Gasteiger partial charge in [-0.15, -0.1) is 11.6 Å². The molecule has 1 aromatic carbocycles. The lowest BCUT2D eigenvalue weighted by Crippen LogP contribution is -2.20. The first-order chi connectivity index (χ1) is 7.28. The zero-order chi connectivity index (χ0) is 10.7. The second-order valence-electron chi connectivity index (χ2n) is 4.21. The van der Waals surface area contributed by atoms with Crippen LogP contribution in [0.25, 0.3) is 0 Å². The number of phenols is 1. The van der Waals surface area contributed by atoms with Crippen molar-refractivity contribution in [1.29, 1.82) is 0 Å². The van der Waals surface area contributed by atoms with Gasteiger partial charge in [-0.3, -0.25) is 4.90 Å². The molecule has 2 nitrogen and oxygen atoms in total. The predicted octanol–water partition coefficient (Wildman–Crippen LogP) is 2.45. The Labute approximate surface area is 95.5 Å². The Morgan fingerprint density at radius 1 is 1.47 bits per heavy atom. The molecule has 1 aromatic rings. The Hall–Kier alpha value is -0.730. The van der Waals surface area contributed by atoms with Gasteiger partial charge in [0.25, 0.3) is 0 Å². The molecule has 1 heterocycles. The minimum absolute atomic E-state index is 0.348. The molecule has 0 aromatic heterocycles. The van der Waals surface area contributed by atoms with Gasteiger partial charge in [-0.2, -0.15) is 0 Å². The van der Waals surface area contributed by atoms with E-state index in [1.54, 1.807) is 6.07 Å². The molecule has 0 aliphatic carbocycles. The average molecular weight is 226 g/mol. The van der Waals surface area contributed by atoms with Crippen LogP contribution in [0.5, 0.6) is 5.75 Å². The van der Waals surface area contributed by atoms with Gasteiger partial charge in [-0.25, -0.2) is 0 Å². The van der Waals surface area contributed by atoms with Crippen LogP contribution in [0.2, 0.25) is 0 Å². The van der Waals surface area contributed by atoms with E-state index in [4.69, 9.17) is 11.6 Å². The van der Waals surface area contributed by atoms with Crippen molar-refractivity contribution >= 4 is 11.6 Å². The Balaban J connectivity index is 1.92. The summed E-state index contributed by atoms with van der Waals surface area (Å²) in [6, 6.07) is 7.47. The van der Waals surface area contributed by atoms with E-state index in [2.05, 4.69) is 4.90 Å². The molecule has 1 aliphatic heterocycles. The largest absolute Gasteiger partial charge is 0.508 e. The maximum Gasteiger partial charge on any atom is 0.115 e. The first kappa shape index (κ1) is 10.8. The highest BCUT2D eigenvalue weighted by Crippen LogP contribution is 2.20. The zero-order valence-corrected chi connectivity index (χ0v) is 9.45. The number of benzene rings is 1. The first-order valence-corrected chi connectivity index (χ1v) is 5.87. The summed E-state index contributed by atoms with van der Waals surface area (Å²) in [6.45, 7) is 3.12. The van der Waals surface area contributed by atoms with E-state index in [-0.39, 0.29) is 0 Å². The standard InChI is InChI=1S/C12H16ClNO/c13-7-11-4-5-14(9-11)8-10-2-1-3-12(15)6-10/h1-3,6,11,15H,4-5,7-9H2. The second-order valence-corrected chi connectivity index (χ2v) is 4.52. The molecule has 0 amide bonds. The zero-order valence-electron chi connectivity index (χ0n) is 8.69. The monoisotopic (exact) mass is 225 g/mol. The van der Waals surface area contributed by atoms with Gasteiger partial charge < -0.3 is 5.11 Å². The molecule has 3 heteroatoms. The van der Waals surface area contributed by atoms with Crippen molar-refractivity contribution < 1.29 is 5.11 Å². The van der Waals surface area contributed by atoms with Crippen molar-refractivity contribution in [2.24, 2.45) is 5.92 Å². The number of rotatable bonds is 3. The topological polar surface area (TPSA) is 23.5 Å². The van der Waals surface area contributed by atoms with Gasteiger partial charge in [0, 0.05) is 19.0 Å². The highest BCUT2D eigenvalue weighted by molar-refractivity contribution is 6.18. The SMILES string of the molecule is Oc1cccc(CN2CCC(CCl)C2)c1. The fourth-order valence-corrected chi connectivity index (χ4v) is 2.35. The Bertz CT molecular complexity index is 329. The van der Waals surface area contributed by atoms with Gasteiger partial charge in [-0.1, -0.05) is 12.1 Å². The van der Waals surface area contributed by atoms with Gasteiger partial charge in [0.2, 0.25) is 0 Å². The van der Waals surface area contributed by atoms with Crippen molar-refractivity contribution in [1.82, 2.24) is 4.90 Å². The van der Waals surface area contributed by atoms with Gasteiger partial charge in [0.1, 0.15) is 5.75 Å². The van der Waals surface area contributed by atoms with Crippen LogP contribution in [-0.4, -0.2) is 29.0 Å². The van der Waals surface area contributed by atoms with Crippen LogP contribution < -0.4 is 0 Å². The summed E-state index contributed by atoms with van der Waals surface area (Å²) in [5, 5.41) is 9.35. The number of aromatic hydroxyl groups is 1. The quantitative estimate of drug-likeness (QED) is 0.799. The number of alkyl halides is 1. The van der Waals surface area contributed by atoms with Crippen molar-refractivity contribution in [3.05, 3.63) is 29.8 Å². The van der Waals surface area contributed by atoms with E-state index in [0.717, 1.165) is 25.5 Å². The van der Waals surface area contributed by atoms with E-state index < -0.39 is 0 Å². The van der Waals surface area contributed by atoms with Crippen LogP contribution in [0, 0.1) is 5.92 Å². The smallest absolute Gasteiger partial charge is 0.115 e. The summed E-state index contributed by atoms with van der Waals surface area (Å²) in [5.74, 6) is 1.75. The third kappa shape index (κ3) is 2.86. The maximum absolute atomic E-state index is 9.35. The van der Waals surface area contributed by atoms with Crippen LogP contribution >= 0.6 is 11.6 Å². The summed E-state index contributed by atoms with van der Waals surface area (Å²) >= 11 is 5.83. The number of phenolic OH excluding ortho intramolecular Hbond substituents is 1. The van der Waals surface area contributed by atoms with Gasteiger partial charge >= 0.3 is 0 Å². The van der Waals surface area contributed by atoms with E-state index in [1.165, 1.54) is 12.0 Å². The van der Waals surface area contributed by atoms with Crippen molar-refractivity contribution in [2.75, 3.05) is 19.0 Å². The summed E-state index contributed by atoms with van der Waals surface area (Å²) in [7, 11) is 0. The number of nitrogens with zero attached hydrogens (tertiary/aromatic N) is 1. The third-order valence-corrected chi connectivity index (χ3v) is 3.34. The van der Waals surface area contributed by atoms with Gasteiger partial charge in [0.15, 0.2) is 0 Å². The number of halogens is 1. The molecule has 1 saturated heterocycles. The van der Waals surface area contributed by atoms with E-state index in [9.17, 15) is 5.11 Å².